The quantitative estimate of drug-likeness (QED) is 0.364. The summed E-state index contributed by atoms with van der Waals surface area (Å²) in [6.45, 7) is 5.14. The fourth-order valence-corrected chi connectivity index (χ4v) is 4.01. The molecule has 3 rings (SSSR count). The van der Waals surface area contributed by atoms with Crippen LogP contribution in [0.1, 0.15) is 45.9 Å². The largest absolute Gasteiger partial charge is 0.352 e. The highest BCUT2D eigenvalue weighted by atomic mass is 127. The predicted octanol–water partition coefficient (Wildman–Crippen LogP) is 3.90. The summed E-state index contributed by atoms with van der Waals surface area (Å²) < 4.78 is 0. The number of amides is 1. The van der Waals surface area contributed by atoms with Crippen LogP contribution in [0, 0.1) is 6.92 Å². The molecule has 1 aliphatic heterocycles. The van der Waals surface area contributed by atoms with Gasteiger partial charge in [0.15, 0.2) is 5.96 Å². The molecule has 0 bridgehead atoms. The molecule has 2 heterocycles. The Morgan fingerprint density at radius 1 is 1.24 bits per heavy atom. The van der Waals surface area contributed by atoms with E-state index in [4.69, 9.17) is 0 Å². The van der Waals surface area contributed by atoms with E-state index in [1.54, 1.807) is 18.4 Å². The first-order chi connectivity index (χ1) is 13.6. The van der Waals surface area contributed by atoms with Crippen LogP contribution in [-0.4, -0.2) is 53.8 Å². The number of carbonyl (C=O) groups excluding carboxylic acids is 1. The molecule has 0 atom stereocenters. The van der Waals surface area contributed by atoms with Crippen LogP contribution in [0.3, 0.4) is 0 Å². The lowest BCUT2D eigenvalue weighted by Crippen LogP contribution is -2.38. The minimum Gasteiger partial charge on any atom is -0.352 e. The zero-order valence-corrected chi connectivity index (χ0v) is 20.5. The van der Waals surface area contributed by atoms with Gasteiger partial charge in [0, 0.05) is 44.7 Å². The number of piperidine rings is 1. The van der Waals surface area contributed by atoms with E-state index in [0.717, 1.165) is 53.7 Å². The van der Waals surface area contributed by atoms with Crippen molar-refractivity contribution in [2.24, 2.45) is 4.99 Å². The Labute approximate surface area is 194 Å². The van der Waals surface area contributed by atoms with Crippen LogP contribution in [0.5, 0.6) is 0 Å². The summed E-state index contributed by atoms with van der Waals surface area (Å²) in [7, 11) is 3.79. The second kappa shape index (κ2) is 11.5. The maximum absolute atomic E-state index is 12.6. The summed E-state index contributed by atoms with van der Waals surface area (Å²) in [4.78, 5) is 25.5. The van der Waals surface area contributed by atoms with E-state index in [9.17, 15) is 4.79 Å². The van der Waals surface area contributed by atoms with Crippen molar-refractivity contribution in [2.45, 2.75) is 39.3 Å². The van der Waals surface area contributed by atoms with E-state index in [1.165, 1.54) is 6.42 Å². The van der Waals surface area contributed by atoms with Gasteiger partial charge in [0.1, 0.15) is 0 Å². The van der Waals surface area contributed by atoms with Gasteiger partial charge >= 0.3 is 0 Å². The van der Waals surface area contributed by atoms with E-state index in [0.29, 0.717) is 13.1 Å². The molecular weight excluding hydrogens is 497 g/mol. The first kappa shape index (κ1) is 23.6. The zero-order chi connectivity index (χ0) is 19.9. The standard InChI is InChI=1S/C21H29N5OS.HI/c1-16-24-19(15-28-16)14-25(3)21(22-2)23-13-17-7-9-18(10-8-17)20(27)26-11-5-4-6-12-26;/h7-10,15H,4-6,11-14H2,1-3H3,(H,22,23);1H. The van der Waals surface area contributed by atoms with Crippen LogP contribution < -0.4 is 5.32 Å². The van der Waals surface area contributed by atoms with Gasteiger partial charge in [-0.05, 0) is 43.9 Å². The van der Waals surface area contributed by atoms with Crippen LogP contribution in [0.25, 0.3) is 0 Å². The molecule has 2 aromatic rings. The lowest BCUT2D eigenvalue weighted by atomic mass is 10.1. The predicted molar refractivity (Wildman–Crippen MR) is 130 cm³/mol. The number of hydrogen-bond acceptors (Lipinski definition) is 4. The van der Waals surface area contributed by atoms with Gasteiger partial charge < -0.3 is 15.1 Å². The molecule has 1 amide bonds. The van der Waals surface area contributed by atoms with Gasteiger partial charge in [-0.3, -0.25) is 9.79 Å². The Balaban J connectivity index is 0.00000300. The van der Waals surface area contributed by atoms with Crippen molar-refractivity contribution in [3.05, 3.63) is 51.5 Å². The Morgan fingerprint density at radius 3 is 2.52 bits per heavy atom. The smallest absolute Gasteiger partial charge is 0.253 e. The first-order valence-corrected chi connectivity index (χ1v) is 10.7. The molecule has 1 fully saturated rings. The third-order valence-corrected chi connectivity index (χ3v) is 5.76. The highest BCUT2D eigenvalue weighted by molar-refractivity contribution is 14.0. The average molecular weight is 527 g/mol. The molecular formula is C21H30IN5OS. The zero-order valence-electron chi connectivity index (χ0n) is 17.4. The van der Waals surface area contributed by atoms with Crippen LogP contribution in [-0.2, 0) is 13.1 Å². The maximum Gasteiger partial charge on any atom is 0.253 e. The van der Waals surface area contributed by atoms with Crippen molar-refractivity contribution in [1.82, 2.24) is 20.1 Å². The van der Waals surface area contributed by atoms with Crippen molar-refractivity contribution < 1.29 is 4.79 Å². The monoisotopic (exact) mass is 527 g/mol. The molecule has 29 heavy (non-hydrogen) atoms. The van der Waals surface area contributed by atoms with E-state index in [1.807, 2.05) is 43.1 Å². The van der Waals surface area contributed by atoms with Crippen LogP contribution in [0.15, 0.2) is 34.6 Å². The van der Waals surface area contributed by atoms with Gasteiger partial charge in [0.25, 0.3) is 5.91 Å². The minimum absolute atomic E-state index is 0. The van der Waals surface area contributed by atoms with Crippen LogP contribution in [0.2, 0.25) is 0 Å². The Hall–Kier alpha value is -1.68. The number of aliphatic imine (C=N–C) groups is 1. The van der Waals surface area contributed by atoms with Crippen molar-refractivity contribution in [3.63, 3.8) is 0 Å². The number of nitrogens with one attached hydrogen (secondary N) is 1. The highest BCUT2D eigenvalue weighted by Crippen LogP contribution is 2.14. The first-order valence-electron chi connectivity index (χ1n) is 9.78. The number of aryl methyl sites for hydroxylation is 1. The topological polar surface area (TPSA) is 60.8 Å². The number of guanidine groups is 1. The number of hydrogen-bond donors (Lipinski definition) is 1. The van der Waals surface area contributed by atoms with Crippen LogP contribution >= 0.6 is 35.3 Å². The number of nitrogens with zero attached hydrogens (tertiary/aromatic N) is 4. The fourth-order valence-electron chi connectivity index (χ4n) is 3.41. The number of carbonyl (C=O) groups is 1. The van der Waals surface area contributed by atoms with Gasteiger partial charge in [-0.25, -0.2) is 4.98 Å². The number of benzene rings is 1. The molecule has 0 aliphatic carbocycles. The SMILES string of the molecule is CN=C(NCc1ccc(C(=O)N2CCCCC2)cc1)N(C)Cc1csc(C)n1.I. The highest BCUT2D eigenvalue weighted by Gasteiger charge is 2.18. The molecule has 0 saturated carbocycles. The normalized spacial score (nSPS) is 14.3. The second-order valence-electron chi connectivity index (χ2n) is 7.16. The van der Waals surface area contributed by atoms with Gasteiger partial charge in [0.2, 0.25) is 0 Å². The molecule has 0 spiro atoms. The molecule has 1 aromatic carbocycles. The van der Waals surface area contributed by atoms with Crippen LogP contribution in [0.4, 0.5) is 0 Å². The molecule has 1 N–H and O–H groups in total. The molecule has 1 saturated heterocycles. The molecule has 1 aromatic heterocycles. The third kappa shape index (κ3) is 6.67. The van der Waals surface area contributed by atoms with Crippen molar-refractivity contribution in [3.8, 4) is 0 Å². The molecule has 1 aliphatic rings. The number of thiazole rings is 1. The molecule has 8 heteroatoms. The summed E-state index contributed by atoms with van der Waals surface area (Å²) in [6.07, 6.45) is 3.45. The Kier molecular flexibility index (Phi) is 9.35. The average Bonchev–Trinajstić information content (AvgIpc) is 3.13. The summed E-state index contributed by atoms with van der Waals surface area (Å²) in [6, 6.07) is 7.89. The lowest BCUT2D eigenvalue weighted by molar-refractivity contribution is 0.0724. The fraction of sp³-hybridized carbons (Fsp3) is 0.476. The lowest BCUT2D eigenvalue weighted by Gasteiger charge is -2.26. The van der Waals surface area contributed by atoms with Gasteiger partial charge in [-0.2, -0.15) is 0 Å². The maximum atomic E-state index is 12.6. The molecule has 0 unspecified atom stereocenters. The summed E-state index contributed by atoms with van der Waals surface area (Å²) in [5.74, 6) is 0.965. The van der Waals surface area contributed by atoms with Gasteiger partial charge in [0.05, 0.1) is 17.2 Å². The molecule has 158 valence electrons. The Bertz CT molecular complexity index is 815. The second-order valence-corrected chi connectivity index (χ2v) is 8.23. The van der Waals surface area contributed by atoms with Gasteiger partial charge in [-0.1, -0.05) is 12.1 Å². The van der Waals surface area contributed by atoms with Crippen molar-refractivity contribution in [2.75, 3.05) is 27.2 Å². The minimum atomic E-state index is 0. The number of rotatable bonds is 5. The third-order valence-electron chi connectivity index (χ3n) is 4.93. The Morgan fingerprint density at radius 2 is 1.93 bits per heavy atom. The van der Waals surface area contributed by atoms with E-state index < -0.39 is 0 Å². The van der Waals surface area contributed by atoms with E-state index in [-0.39, 0.29) is 29.9 Å². The van der Waals surface area contributed by atoms with Crippen molar-refractivity contribution in [1.29, 1.82) is 0 Å². The van der Waals surface area contributed by atoms with Crippen molar-refractivity contribution >= 4 is 47.2 Å². The van der Waals surface area contributed by atoms with Gasteiger partial charge in [-0.15, -0.1) is 35.3 Å². The number of likely N-dealkylation sites (tertiary alicyclic amines) is 1. The summed E-state index contributed by atoms with van der Waals surface area (Å²) >= 11 is 1.66. The van der Waals surface area contributed by atoms with E-state index >= 15 is 0 Å². The summed E-state index contributed by atoms with van der Waals surface area (Å²) in [5.41, 5.74) is 2.94. The molecule has 6 nitrogen and oxygen atoms in total. The molecule has 0 radical (unpaired) electrons. The van der Waals surface area contributed by atoms with E-state index in [2.05, 4.69) is 25.6 Å². The number of aromatic nitrogens is 1. The summed E-state index contributed by atoms with van der Waals surface area (Å²) in [5, 5.41) is 6.54. The number of halogens is 1.